The second-order valence-corrected chi connectivity index (χ2v) is 5.38. The van der Waals surface area contributed by atoms with E-state index in [0.29, 0.717) is 5.16 Å². The van der Waals surface area contributed by atoms with E-state index in [9.17, 15) is 0 Å². The number of aryl methyl sites for hydroxylation is 1. The second-order valence-electron chi connectivity index (χ2n) is 4.34. The molecule has 0 amide bonds. The van der Waals surface area contributed by atoms with Crippen LogP contribution < -0.4 is 10.5 Å². The summed E-state index contributed by atoms with van der Waals surface area (Å²) in [6.07, 6.45) is -0.00128. The monoisotopic (exact) mass is 276 g/mol. The third-order valence-electron chi connectivity index (χ3n) is 2.15. The van der Waals surface area contributed by atoms with E-state index in [1.54, 1.807) is 0 Å². The van der Waals surface area contributed by atoms with Gasteiger partial charge in [0.2, 0.25) is 11.1 Å². The molecule has 0 bridgehead atoms. The quantitative estimate of drug-likeness (QED) is 0.925. The van der Waals surface area contributed by atoms with Crippen LogP contribution in [-0.4, -0.2) is 21.1 Å². The Bertz CT molecular complexity index is 574. The number of nitrogens with zero attached hydrogens (tertiary/aromatic N) is 3. The Kier molecular flexibility index (Phi) is 4.21. The highest BCUT2D eigenvalue weighted by atomic mass is 32.2. The molecule has 1 aromatic carbocycles. The SMILES string of the molecule is Cc1cccc(Sc2nc(N)nc(OC(C)C)n2)c1. The first kappa shape index (κ1) is 13.6. The Morgan fingerprint density at radius 3 is 2.68 bits per heavy atom. The van der Waals surface area contributed by atoms with Crippen molar-refractivity contribution in [3.8, 4) is 6.01 Å². The molecule has 0 unspecified atom stereocenters. The summed E-state index contributed by atoms with van der Waals surface area (Å²) in [5.74, 6) is 0.167. The van der Waals surface area contributed by atoms with Crippen molar-refractivity contribution in [3.63, 3.8) is 0 Å². The van der Waals surface area contributed by atoms with E-state index in [1.165, 1.54) is 17.3 Å². The highest BCUT2D eigenvalue weighted by Gasteiger charge is 2.08. The van der Waals surface area contributed by atoms with Gasteiger partial charge >= 0.3 is 6.01 Å². The molecule has 0 aliphatic carbocycles. The van der Waals surface area contributed by atoms with Crippen LogP contribution in [0.4, 0.5) is 5.95 Å². The number of hydrogen-bond acceptors (Lipinski definition) is 6. The number of anilines is 1. The molecule has 0 spiro atoms. The van der Waals surface area contributed by atoms with Crippen molar-refractivity contribution in [3.05, 3.63) is 29.8 Å². The van der Waals surface area contributed by atoms with Crippen molar-refractivity contribution >= 4 is 17.7 Å². The first-order valence-corrected chi connectivity index (χ1v) is 6.77. The summed E-state index contributed by atoms with van der Waals surface area (Å²) in [6.45, 7) is 5.86. The van der Waals surface area contributed by atoms with Crippen LogP contribution >= 0.6 is 11.8 Å². The minimum atomic E-state index is -0.00128. The van der Waals surface area contributed by atoms with Gasteiger partial charge in [-0.25, -0.2) is 0 Å². The molecule has 100 valence electrons. The normalized spacial score (nSPS) is 10.7. The van der Waals surface area contributed by atoms with E-state index in [4.69, 9.17) is 10.5 Å². The maximum Gasteiger partial charge on any atom is 0.322 e. The van der Waals surface area contributed by atoms with E-state index in [0.717, 1.165) is 4.90 Å². The summed E-state index contributed by atoms with van der Waals surface area (Å²) in [5, 5.41) is 0.536. The lowest BCUT2D eigenvalue weighted by Gasteiger charge is -2.08. The maximum absolute atomic E-state index is 5.66. The molecule has 0 fully saturated rings. The molecular weight excluding hydrogens is 260 g/mol. The Hall–Kier alpha value is -1.82. The molecule has 2 N–H and O–H groups in total. The lowest BCUT2D eigenvalue weighted by Crippen LogP contribution is -2.10. The van der Waals surface area contributed by atoms with Gasteiger partial charge < -0.3 is 10.5 Å². The fourth-order valence-electron chi connectivity index (χ4n) is 1.45. The van der Waals surface area contributed by atoms with Crippen molar-refractivity contribution in [2.75, 3.05) is 5.73 Å². The number of aromatic nitrogens is 3. The molecule has 6 heteroatoms. The lowest BCUT2D eigenvalue weighted by molar-refractivity contribution is 0.219. The Morgan fingerprint density at radius 2 is 2.00 bits per heavy atom. The molecule has 0 aliphatic rings. The molecule has 2 rings (SSSR count). The summed E-state index contributed by atoms with van der Waals surface area (Å²) in [6, 6.07) is 8.36. The van der Waals surface area contributed by atoms with Crippen LogP contribution in [0.25, 0.3) is 0 Å². The van der Waals surface area contributed by atoms with Gasteiger partial charge in [0.15, 0.2) is 0 Å². The van der Waals surface area contributed by atoms with Crippen LogP contribution in [0.1, 0.15) is 19.4 Å². The first-order chi connectivity index (χ1) is 9.02. The largest absolute Gasteiger partial charge is 0.461 e. The van der Waals surface area contributed by atoms with Crippen molar-refractivity contribution < 1.29 is 4.74 Å². The Morgan fingerprint density at radius 1 is 1.21 bits per heavy atom. The standard InChI is InChI=1S/C13H16N4OS/c1-8(2)18-12-15-11(14)16-13(17-12)19-10-6-4-5-9(3)7-10/h4-8H,1-3H3,(H2,14,15,16,17). The molecule has 0 radical (unpaired) electrons. The average Bonchev–Trinajstić information content (AvgIpc) is 2.26. The zero-order valence-corrected chi connectivity index (χ0v) is 11.9. The fraction of sp³-hybridized carbons (Fsp3) is 0.308. The third kappa shape index (κ3) is 4.10. The zero-order chi connectivity index (χ0) is 13.8. The third-order valence-corrected chi connectivity index (χ3v) is 3.01. The van der Waals surface area contributed by atoms with Crippen LogP contribution in [0.2, 0.25) is 0 Å². The maximum atomic E-state index is 5.66. The second kappa shape index (κ2) is 5.88. The van der Waals surface area contributed by atoms with Crippen molar-refractivity contribution in [2.24, 2.45) is 0 Å². The van der Waals surface area contributed by atoms with Crippen molar-refractivity contribution in [1.82, 2.24) is 15.0 Å². The van der Waals surface area contributed by atoms with Crippen LogP contribution in [0, 0.1) is 6.92 Å². The Balaban J connectivity index is 2.22. The number of hydrogen-bond donors (Lipinski definition) is 1. The number of rotatable bonds is 4. The van der Waals surface area contributed by atoms with E-state index >= 15 is 0 Å². The van der Waals surface area contributed by atoms with Gasteiger partial charge in [-0.15, -0.1) is 0 Å². The molecular formula is C13H16N4OS. The van der Waals surface area contributed by atoms with Crippen LogP contribution in [0.3, 0.4) is 0 Å². The summed E-state index contributed by atoms with van der Waals surface area (Å²) in [4.78, 5) is 13.4. The summed E-state index contributed by atoms with van der Waals surface area (Å²) in [7, 11) is 0. The lowest BCUT2D eigenvalue weighted by atomic mass is 10.2. The number of nitrogen functional groups attached to an aromatic ring is 1. The number of benzene rings is 1. The molecule has 1 heterocycles. The van der Waals surface area contributed by atoms with E-state index < -0.39 is 0 Å². The van der Waals surface area contributed by atoms with Gasteiger partial charge in [-0.05, 0) is 44.7 Å². The molecule has 2 aromatic rings. The van der Waals surface area contributed by atoms with Crippen molar-refractivity contribution in [1.29, 1.82) is 0 Å². The minimum Gasteiger partial charge on any atom is -0.461 e. The molecule has 0 aliphatic heterocycles. The highest BCUT2D eigenvalue weighted by molar-refractivity contribution is 7.99. The van der Waals surface area contributed by atoms with Crippen LogP contribution in [0.15, 0.2) is 34.3 Å². The van der Waals surface area contributed by atoms with Gasteiger partial charge in [-0.3, -0.25) is 0 Å². The molecule has 19 heavy (non-hydrogen) atoms. The zero-order valence-electron chi connectivity index (χ0n) is 11.1. The first-order valence-electron chi connectivity index (χ1n) is 5.95. The highest BCUT2D eigenvalue weighted by Crippen LogP contribution is 2.26. The van der Waals surface area contributed by atoms with Gasteiger partial charge in [-0.2, -0.15) is 15.0 Å². The molecule has 5 nitrogen and oxygen atoms in total. The topological polar surface area (TPSA) is 73.9 Å². The average molecular weight is 276 g/mol. The fourth-order valence-corrected chi connectivity index (χ4v) is 2.31. The summed E-state index contributed by atoms with van der Waals surface area (Å²) in [5.41, 5.74) is 6.85. The van der Waals surface area contributed by atoms with E-state index in [-0.39, 0.29) is 18.1 Å². The smallest absolute Gasteiger partial charge is 0.322 e. The summed E-state index contributed by atoms with van der Waals surface area (Å²) >= 11 is 1.43. The minimum absolute atomic E-state index is 0.00128. The molecule has 0 atom stereocenters. The van der Waals surface area contributed by atoms with Gasteiger partial charge in [0.05, 0.1) is 6.10 Å². The molecule has 0 saturated heterocycles. The van der Waals surface area contributed by atoms with Gasteiger partial charge in [-0.1, -0.05) is 17.7 Å². The summed E-state index contributed by atoms with van der Waals surface area (Å²) < 4.78 is 5.44. The predicted octanol–water partition coefficient (Wildman–Crippen LogP) is 2.70. The van der Waals surface area contributed by atoms with Gasteiger partial charge in [0.1, 0.15) is 0 Å². The van der Waals surface area contributed by atoms with Crippen LogP contribution in [0.5, 0.6) is 6.01 Å². The predicted molar refractivity (Wildman–Crippen MR) is 75.3 cm³/mol. The van der Waals surface area contributed by atoms with Crippen molar-refractivity contribution in [2.45, 2.75) is 36.9 Å². The van der Waals surface area contributed by atoms with E-state index in [1.807, 2.05) is 39.0 Å². The molecule has 0 saturated carbocycles. The number of nitrogens with two attached hydrogens (primary N) is 1. The van der Waals surface area contributed by atoms with Gasteiger partial charge in [0, 0.05) is 4.90 Å². The van der Waals surface area contributed by atoms with E-state index in [2.05, 4.69) is 21.0 Å². The molecule has 1 aromatic heterocycles. The Labute approximate surface area is 116 Å². The van der Waals surface area contributed by atoms with Crippen LogP contribution in [-0.2, 0) is 0 Å². The van der Waals surface area contributed by atoms with Gasteiger partial charge in [0.25, 0.3) is 0 Å². The number of ether oxygens (including phenoxy) is 1.